The van der Waals surface area contributed by atoms with E-state index in [4.69, 9.17) is 30.5 Å². The number of imide groups is 2. The van der Waals surface area contributed by atoms with E-state index in [1.54, 1.807) is 56.7 Å². The van der Waals surface area contributed by atoms with Gasteiger partial charge in [0.2, 0.25) is 23.6 Å². The molecule has 314 valence electrons. The number of carbonyl (C=O) groups is 4. The number of ether oxygens (including phenoxy) is 4. The van der Waals surface area contributed by atoms with Crippen LogP contribution in [0.4, 0.5) is 11.4 Å². The predicted octanol–water partition coefficient (Wildman–Crippen LogP) is 8.62. The van der Waals surface area contributed by atoms with Gasteiger partial charge in [-0.05, 0) is 78.4 Å². The van der Waals surface area contributed by atoms with Gasteiger partial charge in [0.15, 0.2) is 0 Å². The van der Waals surface area contributed by atoms with Gasteiger partial charge in [-0.15, -0.1) is 0 Å². The summed E-state index contributed by atoms with van der Waals surface area (Å²) in [4.78, 5) is 62.6. The Balaban J connectivity index is 1.15. The smallest absolute Gasteiger partial charge is 0.246 e. The van der Waals surface area contributed by atoms with Crippen molar-refractivity contribution >= 4 is 58.8 Å². The standard InChI is InChI=1S/C50H43ClN2O9/c1-59-34-19-22-41(61-3)29(23-34)16-13-28-14-17-32(18-15-28)52-46(55)37-21-20-36-38(43(37)48(52)57)27-39-47(56)53(33-12-8-11-31(51)24-33)49(58)50(39,30-9-6-5-7-10-30)45(36)44-40(54)25-35(60-2)26-42(44)62-4/h5-20,22-26,37-39,43,45,54H,21,27H2,1-4H3/t37-,38+,39-,43-,45+,50+/m0/s1. The molecule has 4 amide bonds. The predicted molar refractivity (Wildman–Crippen MR) is 235 cm³/mol. The fraction of sp³-hybridized carbons (Fsp3) is 0.240. The molecule has 2 aliphatic heterocycles. The molecule has 4 aliphatic rings. The Morgan fingerprint density at radius 3 is 2.11 bits per heavy atom. The van der Waals surface area contributed by atoms with Crippen LogP contribution >= 0.6 is 11.6 Å². The van der Waals surface area contributed by atoms with Crippen LogP contribution in [0.5, 0.6) is 28.7 Å². The Hall–Kier alpha value is -6.85. The van der Waals surface area contributed by atoms with E-state index in [1.165, 1.54) is 30.1 Å². The molecule has 1 N–H and O–H groups in total. The zero-order valence-corrected chi connectivity index (χ0v) is 35.2. The summed E-state index contributed by atoms with van der Waals surface area (Å²) in [5.74, 6) is -4.26. The molecule has 0 spiro atoms. The second kappa shape index (κ2) is 15.9. The highest BCUT2D eigenvalue weighted by Crippen LogP contribution is 2.66. The molecular weight excluding hydrogens is 808 g/mol. The number of phenolic OH excluding ortho intramolecular Hbond substituents is 1. The van der Waals surface area contributed by atoms with E-state index in [0.717, 1.165) is 11.1 Å². The van der Waals surface area contributed by atoms with Crippen molar-refractivity contribution in [1.82, 2.24) is 0 Å². The SMILES string of the molecule is COc1ccc(OC)c(C=Cc2ccc(N3C(=O)[C@H]4[C@H](CC=C5[C@H]4C[C@H]4C(=O)N(c6cccc(Cl)c6)C(=O)[C@@]4(c4ccccc4)[C@H]5c4c(O)cc(OC)cc4OC)C3=O)cc2)c1. The lowest BCUT2D eigenvalue weighted by Gasteiger charge is -2.51. The van der Waals surface area contributed by atoms with Gasteiger partial charge in [0, 0.05) is 34.2 Å². The fourth-order valence-electron chi connectivity index (χ4n) is 10.4. The highest BCUT2D eigenvalue weighted by molar-refractivity contribution is 6.32. The molecule has 9 rings (SSSR count). The molecule has 6 atom stereocenters. The number of allylic oxidation sites excluding steroid dienone is 2. The number of carbonyl (C=O) groups excluding carboxylic acids is 4. The Morgan fingerprint density at radius 1 is 0.677 bits per heavy atom. The number of fused-ring (bicyclic) bond motifs is 4. The number of benzene rings is 5. The van der Waals surface area contributed by atoms with Gasteiger partial charge in [0.1, 0.15) is 28.7 Å². The van der Waals surface area contributed by atoms with Crippen LogP contribution in [-0.2, 0) is 24.6 Å². The number of anilines is 2. The highest BCUT2D eigenvalue weighted by Gasteiger charge is 2.71. The number of phenols is 1. The Kier molecular flexibility index (Phi) is 10.4. The first-order chi connectivity index (χ1) is 30.0. The maximum absolute atomic E-state index is 15.6. The molecule has 2 saturated heterocycles. The van der Waals surface area contributed by atoms with Crippen molar-refractivity contribution in [3.05, 3.63) is 148 Å². The number of methoxy groups -OCH3 is 4. The van der Waals surface area contributed by atoms with E-state index in [2.05, 4.69) is 0 Å². The molecule has 2 heterocycles. The summed E-state index contributed by atoms with van der Waals surface area (Å²) in [5, 5.41) is 12.4. The van der Waals surface area contributed by atoms with Crippen LogP contribution in [0.1, 0.15) is 41.0 Å². The summed E-state index contributed by atoms with van der Waals surface area (Å²) < 4.78 is 22.4. The van der Waals surface area contributed by atoms with Crippen molar-refractivity contribution < 1.29 is 43.2 Å². The first-order valence-electron chi connectivity index (χ1n) is 20.3. The molecule has 0 radical (unpaired) electrons. The number of hydrogen-bond donors (Lipinski definition) is 1. The number of halogens is 1. The number of nitrogens with zero attached hydrogens (tertiary/aromatic N) is 2. The molecule has 62 heavy (non-hydrogen) atoms. The van der Waals surface area contributed by atoms with E-state index < -0.39 is 46.8 Å². The summed E-state index contributed by atoms with van der Waals surface area (Å²) in [6.07, 6.45) is 6.03. The second-order valence-electron chi connectivity index (χ2n) is 15.9. The fourth-order valence-corrected chi connectivity index (χ4v) is 10.6. The molecule has 3 fully saturated rings. The Morgan fingerprint density at radius 2 is 1.42 bits per heavy atom. The van der Waals surface area contributed by atoms with Crippen LogP contribution in [0.15, 0.2) is 121 Å². The van der Waals surface area contributed by atoms with E-state index >= 15 is 9.59 Å². The average molecular weight is 851 g/mol. The van der Waals surface area contributed by atoms with Crippen LogP contribution < -0.4 is 28.7 Å². The number of amides is 4. The lowest BCUT2D eigenvalue weighted by molar-refractivity contribution is -0.127. The van der Waals surface area contributed by atoms with Gasteiger partial charge in [-0.1, -0.05) is 83.9 Å². The van der Waals surface area contributed by atoms with Gasteiger partial charge < -0.3 is 24.1 Å². The van der Waals surface area contributed by atoms with Gasteiger partial charge in [-0.2, -0.15) is 0 Å². The quantitative estimate of drug-likeness (QED) is 0.0834. The van der Waals surface area contributed by atoms with Crippen LogP contribution in [0.25, 0.3) is 12.2 Å². The zero-order valence-electron chi connectivity index (χ0n) is 34.4. The molecule has 1 saturated carbocycles. The largest absolute Gasteiger partial charge is 0.507 e. The summed E-state index contributed by atoms with van der Waals surface area (Å²) in [6.45, 7) is 0. The molecule has 5 aromatic carbocycles. The van der Waals surface area contributed by atoms with Crippen molar-refractivity contribution in [3.63, 3.8) is 0 Å². The zero-order chi connectivity index (χ0) is 43.4. The molecule has 12 heteroatoms. The molecule has 5 aromatic rings. The molecule has 0 aromatic heterocycles. The Labute approximate surface area is 363 Å². The topological polar surface area (TPSA) is 132 Å². The molecule has 2 aliphatic carbocycles. The monoisotopic (exact) mass is 850 g/mol. The van der Waals surface area contributed by atoms with Crippen molar-refractivity contribution in [2.75, 3.05) is 38.2 Å². The summed E-state index contributed by atoms with van der Waals surface area (Å²) in [6, 6.07) is 31.4. The van der Waals surface area contributed by atoms with Crippen molar-refractivity contribution in [3.8, 4) is 28.7 Å². The van der Waals surface area contributed by atoms with Gasteiger partial charge >= 0.3 is 0 Å². The molecule has 11 nitrogen and oxygen atoms in total. The van der Waals surface area contributed by atoms with E-state index in [0.29, 0.717) is 44.8 Å². The molecular formula is C50H43ClN2O9. The minimum absolute atomic E-state index is 0.0869. The molecule has 0 unspecified atom stereocenters. The van der Waals surface area contributed by atoms with Crippen LogP contribution in [0, 0.1) is 23.7 Å². The maximum atomic E-state index is 15.6. The van der Waals surface area contributed by atoms with E-state index in [-0.39, 0.29) is 41.7 Å². The van der Waals surface area contributed by atoms with Crippen molar-refractivity contribution in [2.24, 2.45) is 23.7 Å². The summed E-state index contributed by atoms with van der Waals surface area (Å²) >= 11 is 6.46. The molecule has 0 bridgehead atoms. The third-order valence-corrected chi connectivity index (χ3v) is 13.3. The lowest BCUT2D eigenvalue weighted by Crippen LogP contribution is -2.53. The first kappa shape index (κ1) is 40.6. The summed E-state index contributed by atoms with van der Waals surface area (Å²) in [7, 11) is 6.13. The minimum atomic E-state index is -1.61. The normalized spacial score (nSPS) is 24.1. The number of aromatic hydroxyl groups is 1. The number of hydrogen-bond acceptors (Lipinski definition) is 9. The first-order valence-corrected chi connectivity index (χ1v) is 20.7. The van der Waals surface area contributed by atoms with Gasteiger partial charge in [0.05, 0.1) is 63.0 Å². The van der Waals surface area contributed by atoms with E-state index in [9.17, 15) is 14.7 Å². The van der Waals surface area contributed by atoms with Gasteiger partial charge in [-0.3, -0.25) is 24.1 Å². The van der Waals surface area contributed by atoms with Crippen LogP contribution in [0.3, 0.4) is 0 Å². The summed E-state index contributed by atoms with van der Waals surface area (Å²) in [5.41, 5.74) is 2.26. The van der Waals surface area contributed by atoms with Crippen LogP contribution in [-0.4, -0.2) is 57.2 Å². The Bertz CT molecular complexity index is 2700. The average Bonchev–Trinajstić information content (AvgIpc) is 3.69. The highest BCUT2D eigenvalue weighted by atomic mass is 35.5. The second-order valence-corrected chi connectivity index (χ2v) is 16.3. The maximum Gasteiger partial charge on any atom is 0.246 e. The van der Waals surface area contributed by atoms with Crippen LogP contribution in [0.2, 0.25) is 5.02 Å². The van der Waals surface area contributed by atoms with Gasteiger partial charge in [0.25, 0.3) is 0 Å². The lowest BCUT2D eigenvalue weighted by atomic mass is 9.49. The van der Waals surface area contributed by atoms with Crippen molar-refractivity contribution in [2.45, 2.75) is 24.2 Å². The van der Waals surface area contributed by atoms with E-state index in [1.807, 2.05) is 78.9 Å². The minimum Gasteiger partial charge on any atom is -0.507 e. The third-order valence-electron chi connectivity index (χ3n) is 13.0. The number of rotatable bonds is 10. The van der Waals surface area contributed by atoms with Crippen molar-refractivity contribution in [1.29, 1.82) is 0 Å². The van der Waals surface area contributed by atoms with Gasteiger partial charge in [-0.25, -0.2) is 4.90 Å². The third kappa shape index (κ3) is 6.24.